The minimum absolute atomic E-state index is 0.321. The van der Waals surface area contributed by atoms with Crippen LogP contribution in [0.15, 0.2) is 0 Å². The van der Waals surface area contributed by atoms with Crippen molar-refractivity contribution in [1.82, 2.24) is 9.80 Å². The normalized spacial score (nSPS) is 22.6. The zero-order valence-electron chi connectivity index (χ0n) is 12.0. The molecule has 0 aliphatic carbocycles. The van der Waals surface area contributed by atoms with Crippen LogP contribution in [0, 0.1) is 5.41 Å². The molecular weight excluding hydrogens is 210 g/mol. The van der Waals surface area contributed by atoms with Crippen LogP contribution in [0.25, 0.3) is 0 Å². The maximum Gasteiger partial charge on any atom is 0.0110 e. The molecule has 1 aliphatic rings. The van der Waals surface area contributed by atoms with Gasteiger partial charge in [-0.15, -0.1) is 0 Å². The van der Waals surface area contributed by atoms with Gasteiger partial charge in [0.15, 0.2) is 0 Å². The first-order chi connectivity index (χ1) is 8.13. The molecule has 17 heavy (non-hydrogen) atoms. The lowest BCUT2D eigenvalue weighted by atomic mass is 9.85. The fourth-order valence-electron chi connectivity index (χ4n) is 2.88. The van der Waals surface area contributed by atoms with Crippen molar-refractivity contribution in [3.05, 3.63) is 0 Å². The largest absolute Gasteiger partial charge is 0.330 e. The standard InChI is InChI=1S/C14H31N3/c1-4-6-14(3,12-15)13-17-10-8-16(7-5-2)9-11-17/h4-13,15H2,1-3H3. The van der Waals surface area contributed by atoms with E-state index >= 15 is 0 Å². The second-order valence-corrected chi connectivity index (χ2v) is 5.88. The summed E-state index contributed by atoms with van der Waals surface area (Å²) in [5.74, 6) is 0. The summed E-state index contributed by atoms with van der Waals surface area (Å²) >= 11 is 0. The maximum absolute atomic E-state index is 5.95. The molecule has 3 nitrogen and oxygen atoms in total. The van der Waals surface area contributed by atoms with E-state index in [4.69, 9.17) is 5.73 Å². The molecule has 1 atom stereocenters. The van der Waals surface area contributed by atoms with E-state index in [1.165, 1.54) is 58.5 Å². The van der Waals surface area contributed by atoms with E-state index < -0.39 is 0 Å². The van der Waals surface area contributed by atoms with Crippen LogP contribution in [0.4, 0.5) is 0 Å². The van der Waals surface area contributed by atoms with Crippen molar-refractivity contribution in [2.45, 2.75) is 40.0 Å². The molecule has 0 saturated carbocycles. The molecule has 0 aromatic rings. The van der Waals surface area contributed by atoms with E-state index in [1.807, 2.05) is 0 Å². The molecule has 0 radical (unpaired) electrons. The Hall–Kier alpha value is -0.120. The van der Waals surface area contributed by atoms with Gasteiger partial charge in [0.1, 0.15) is 0 Å². The lowest BCUT2D eigenvalue weighted by Crippen LogP contribution is -2.50. The summed E-state index contributed by atoms with van der Waals surface area (Å²) in [6.07, 6.45) is 3.76. The highest BCUT2D eigenvalue weighted by Gasteiger charge is 2.26. The number of hydrogen-bond donors (Lipinski definition) is 1. The molecule has 0 aromatic carbocycles. The molecule has 1 fully saturated rings. The molecule has 1 unspecified atom stereocenters. The van der Waals surface area contributed by atoms with Crippen molar-refractivity contribution in [3.8, 4) is 0 Å². The van der Waals surface area contributed by atoms with Gasteiger partial charge in [-0.05, 0) is 31.3 Å². The van der Waals surface area contributed by atoms with Crippen molar-refractivity contribution >= 4 is 0 Å². The topological polar surface area (TPSA) is 32.5 Å². The summed E-state index contributed by atoms with van der Waals surface area (Å²) in [5, 5.41) is 0. The van der Waals surface area contributed by atoms with Crippen molar-refractivity contribution in [1.29, 1.82) is 0 Å². The Balaban J connectivity index is 2.33. The lowest BCUT2D eigenvalue weighted by molar-refractivity contribution is 0.0896. The smallest absolute Gasteiger partial charge is 0.0110 e. The molecule has 1 saturated heterocycles. The maximum atomic E-state index is 5.95. The van der Waals surface area contributed by atoms with E-state index in [0.29, 0.717) is 5.41 Å². The van der Waals surface area contributed by atoms with Crippen LogP contribution in [0.1, 0.15) is 40.0 Å². The van der Waals surface area contributed by atoms with Gasteiger partial charge in [-0.3, -0.25) is 0 Å². The Morgan fingerprint density at radius 3 is 2.06 bits per heavy atom. The Labute approximate surface area is 107 Å². The highest BCUT2D eigenvalue weighted by atomic mass is 15.3. The SMILES string of the molecule is CCCN1CCN(CC(C)(CN)CCC)CC1. The highest BCUT2D eigenvalue weighted by molar-refractivity contribution is 4.82. The van der Waals surface area contributed by atoms with Crippen LogP contribution >= 0.6 is 0 Å². The summed E-state index contributed by atoms with van der Waals surface area (Å²) in [6, 6.07) is 0. The van der Waals surface area contributed by atoms with Crippen LogP contribution in [-0.2, 0) is 0 Å². The van der Waals surface area contributed by atoms with E-state index in [-0.39, 0.29) is 0 Å². The first kappa shape index (κ1) is 14.9. The minimum Gasteiger partial charge on any atom is -0.330 e. The Bertz CT molecular complexity index is 200. The molecule has 1 rings (SSSR count). The monoisotopic (exact) mass is 241 g/mol. The summed E-state index contributed by atoms with van der Waals surface area (Å²) in [4.78, 5) is 5.19. The number of nitrogens with two attached hydrogens (primary N) is 1. The Morgan fingerprint density at radius 1 is 1.00 bits per heavy atom. The molecule has 3 heteroatoms. The van der Waals surface area contributed by atoms with Crippen LogP contribution in [-0.4, -0.2) is 55.6 Å². The van der Waals surface area contributed by atoms with Gasteiger partial charge >= 0.3 is 0 Å². The number of nitrogens with zero attached hydrogens (tertiary/aromatic N) is 2. The second-order valence-electron chi connectivity index (χ2n) is 5.88. The van der Waals surface area contributed by atoms with Crippen LogP contribution in [0.3, 0.4) is 0 Å². The second kappa shape index (κ2) is 7.34. The fourth-order valence-corrected chi connectivity index (χ4v) is 2.88. The van der Waals surface area contributed by atoms with Gasteiger partial charge in [0, 0.05) is 32.7 Å². The predicted octanol–water partition coefficient (Wildman–Crippen LogP) is 1.78. The van der Waals surface area contributed by atoms with Crippen molar-refractivity contribution in [3.63, 3.8) is 0 Å². The van der Waals surface area contributed by atoms with Crippen LogP contribution in [0.2, 0.25) is 0 Å². The predicted molar refractivity (Wildman–Crippen MR) is 75.2 cm³/mol. The van der Waals surface area contributed by atoms with Gasteiger partial charge in [0.2, 0.25) is 0 Å². The number of piperazine rings is 1. The van der Waals surface area contributed by atoms with E-state index in [9.17, 15) is 0 Å². The molecule has 0 bridgehead atoms. The third-order valence-electron chi connectivity index (χ3n) is 3.96. The van der Waals surface area contributed by atoms with Gasteiger partial charge in [-0.2, -0.15) is 0 Å². The highest BCUT2D eigenvalue weighted by Crippen LogP contribution is 2.23. The number of rotatable bonds is 7. The first-order valence-corrected chi connectivity index (χ1v) is 7.28. The van der Waals surface area contributed by atoms with Gasteiger partial charge in [-0.25, -0.2) is 0 Å². The summed E-state index contributed by atoms with van der Waals surface area (Å²) < 4.78 is 0. The van der Waals surface area contributed by atoms with E-state index in [2.05, 4.69) is 30.6 Å². The average molecular weight is 241 g/mol. The lowest BCUT2D eigenvalue weighted by Gasteiger charge is -2.40. The number of hydrogen-bond acceptors (Lipinski definition) is 3. The Kier molecular flexibility index (Phi) is 6.45. The summed E-state index contributed by atoms with van der Waals surface area (Å²) in [7, 11) is 0. The third kappa shape index (κ3) is 4.94. The minimum atomic E-state index is 0.321. The van der Waals surface area contributed by atoms with Crippen molar-refractivity contribution < 1.29 is 0 Å². The zero-order chi connectivity index (χ0) is 12.7. The molecule has 1 heterocycles. The van der Waals surface area contributed by atoms with Gasteiger partial charge in [0.25, 0.3) is 0 Å². The fraction of sp³-hybridized carbons (Fsp3) is 1.00. The van der Waals surface area contributed by atoms with Crippen molar-refractivity contribution in [2.24, 2.45) is 11.1 Å². The molecule has 0 amide bonds. The molecule has 0 aromatic heterocycles. The molecule has 2 N–H and O–H groups in total. The molecule has 102 valence electrons. The molecule has 0 spiro atoms. The third-order valence-corrected chi connectivity index (χ3v) is 3.96. The quantitative estimate of drug-likeness (QED) is 0.737. The van der Waals surface area contributed by atoms with Crippen LogP contribution < -0.4 is 5.73 Å². The van der Waals surface area contributed by atoms with Crippen LogP contribution in [0.5, 0.6) is 0 Å². The summed E-state index contributed by atoms with van der Waals surface area (Å²) in [6.45, 7) is 15.0. The van der Waals surface area contributed by atoms with Gasteiger partial charge in [-0.1, -0.05) is 27.2 Å². The molecular formula is C14H31N3. The molecule has 1 aliphatic heterocycles. The summed E-state index contributed by atoms with van der Waals surface area (Å²) in [5.41, 5.74) is 6.27. The first-order valence-electron chi connectivity index (χ1n) is 7.28. The van der Waals surface area contributed by atoms with Gasteiger partial charge in [0.05, 0.1) is 0 Å². The van der Waals surface area contributed by atoms with Crippen molar-refractivity contribution in [2.75, 3.05) is 45.8 Å². The van der Waals surface area contributed by atoms with E-state index in [0.717, 1.165) is 6.54 Å². The zero-order valence-corrected chi connectivity index (χ0v) is 12.0. The van der Waals surface area contributed by atoms with E-state index in [1.54, 1.807) is 0 Å². The van der Waals surface area contributed by atoms with Gasteiger partial charge < -0.3 is 15.5 Å². The Morgan fingerprint density at radius 2 is 1.59 bits per heavy atom. The average Bonchev–Trinajstić information content (AvgIpc) is 2.32.